The second-order valence-corrected chi connectivity index (χ2v) is 15.1. The molecule has 2 heterocycles. The van der Waals surface area contributed by atoms with Gasteiger partial charge in [-0.2, -0.15) is 0 Å². The van der Waals surface area contributed by atoms with Gasteiger partial charge in [-0.05, 0) is 72.6 Å². The van der Waals surface area contributed by atoms with Crippen molar-refractivity contribution >= 4 is 56.1 Å². The van der Waals surface area contributed by atoms with Crippen LogP contribution in [0.3, 0.4) is 0 Å². The molecule has 1 saturated heterocycles. The molecule has 2 aliphatic heterocycles. The molecule has 3 aromatic rings. The summed E-state index contributed by atoms with van der Waals surface area (Å²) in [5.41, 5.74) is 3.92. The number of rotatable bonds is 10. The molecule has 3 aliphatic rings. The first-order chi connectivity index (χ1) is 21.5. The lowest BCUT2D eigenvalue weighted by atomic mass is 9.85. The standard InChI is InChI=1S/C33H31Cl3F2N2O4S/c34-25-5-1-4-21(30(25)35)16-40(23-10-11-23)33(41)29-24(15-22-17-45(42,43)18-28(29)39-22)20-8-6-19(7-9-20)3-2-14-44-32-27(38)13-12-26(37)31(32)36/h1,4-9,12-13,22-23,28,39H,2-3,10-11,14-18H2/t22?,28-/m1/s1. The smallest absolute Gasteiger partial charge is 0.252 e. The predicted molar refractivity (Wildman–Crippen MR) is 173 cm³/mol. The summed E-state index contributed by atoms with van der Waals surface area (Å²) in [4.78, 5) is 16.2. The van der Waals surface area contributed by atoms with E-state index in [2.05, 4.69) is 5.32 Å². The molecule has 238 valence electrons. The number of nitrogens with zero attached hydrogens (tertiary/aromatic N) is 1. The Hall–Kier alpha value is -2.69. The van der Waals surface area contributed by atoms with Gasteiger partial charge in [-0.15, -0.1) is 0 Å². The van der Waals surface area contributed by atoms with Crippen LogP contribution in [0.4, 0.5) is 8.78 Å². The number of aryl methyl sites for hydroxylation is 1. The Bertz CT molecular complexity index is 1760. The Balaban J connectivity index is 1.24. The van der Waals surface area contributed by atoms with Crippen molar-refractivity contribution in [1.29, 1.82) is 0 Å². The average Bonchev–Trinajstić information content (AvgIpc) is 3.84. The average molecular weight is 696 g/mol. The number of halogens is 5. The summed E-state index contributed by atoms with van der Waals surface area (Å²) >= 11 is 18.6. The summed E-state index contributed by atoms with van der Waals surface area (Å²) in [5, 5.41) is 3.84. The lowest BCUT2D eigenvalue weighted by Gasteiger charge is -2.40. The van der Waals surface area contributed by atoms with E-state index in [-0.39, 0.29) is 53.4 Å². The number of sulfone groups is 1. The van der Waals surface area contributed by atoms with Crippen molar-refractivity contribution in [3.63, 3.8) is 0 Å². The quantitative estimate of drug-likeness (QED) is 0.182. The molecule has 6 rings (SSSR count). The number of hydrogen-bond donors (Lipinski definition) is 1. The maximum absolute atomic E-state index is 14.4. The number of ether oxygens (including phenoxy) is 1. The molecule has 1 N–H and O–H groups in total. The van der Waals surface area contributed by atoms with E-state index >= 15 is 0 Å². The van der Waals surface area contributed by atoms with E-state index in [9.17, 15) is 22.0 Å². The minimum Gasteiger partial charge on any atom is -0.489 e. The number of fused-ring (bicyclic) bond motifs is 2. The molecule has 0 aromatic heterocycles. The Morgan fingerprint density at radius 3 is 2.42 bits per heavy atom. The van der Waals surface area contributed by atoms with Crippen LogP contribution in [0.5, 0.6) is 5.75 Å². The fraction of sp³-hybridized carbons (Fsp3) is 0.364. The largest absolute Gasteiger partial charge is 0.489 e. The van der Waals surface area contributed by atoms with Gasteiger partial charge in [0.05, 0.1) is 34.2 Å². The van der Waals surface area contributed by atoms with Gasteiger partial charge in [-0.25, -0.2) is 17.2 Å². The van der Waals surface area contributed by atoms with Crippen molar-refractivity contribution in [2.45, 2.75) is 56.8 Å². The van der Waals surface area contributed by atoms with E-state index in [1.807, 2.05) is 30.3 Å². The summed E-state index contributed by atoms with van der Waals surface area (Å²) in [6, 6.07) is 14.2. The molecule has 45 heavy (non-hydrogen) atoms. The van der Waals surface area contributed by atoms with Crippen LogP contribution in [0.1, 0.15) is 42.4 Å². The van der Waals surface area contributed by atoms with Crippen molar-refractivity contribution in [3.05, 3.63) is 104 Å². The molecule has 1 unspecified atom stereocenters. The molecule has 1 aliphatic carbocycles. The normalized spacial score (nSPS) is 20.6. The SMILES string of the molecule is O=C(C1=C(c2ccc(CCCOc3c(F)ccc(F)c3Cl)cc2)CC2CS(=O)(=O)C[C@H]1N2)N(Cc1cccc(Cl)c1Cl)C1CC1. The highest BCUT2D eigenvalue weighted by Crippen LogP contribution is 2.39. The lowest BCUT2D eigenvalue weighted by Crippen LogP contribution is -2.57. The van der Waals surface area contributed by atoms with Gasteiger partial charge in [-0.1, -0.05) is 71.2 Å². The molecular formula is C33H31Cl3F2N2O4S. The molecule has 0 spiro atoms. The van der Waals surface area contributed by atoms with Gasteiger partial charge >= 0.3 is 0 Å². The van der Waals surface area contributed by atoms with Crippen molar-refractivity contribution < 1.29 is 26.7 Å². The summed E-state index contributed by atoms with van der Waals surface area (Å²) in [5.74, 6) is -2.08. The van der Waals surface area contributed by atoms with Crippen LogP contribution in [0.15, 0.2) is 60.2 Å². The predicted octanol–water partition coefficient (Wildman–Crippen LogP) is 7.04. The van der Waals surface area contributed by atoms with Gasteiger partial charge in [0.2, 0.25) is 0 Å². The van der Waals surface area contributed by atoms with Crippen LogP contribution in [0, 0.1) is 11.6 Å². The topological polar surface area (TPSA) is 75.7 Å². The first-order valence-electron chi connectivity index (χ1n) is 14.8. The zero-order valence-electron chi connectivity index (χ0n) is 24.2. The molecule has 2 fully saturated rings. The van der Waals surface area contributed by atoms with Gasteiger partial charge in [0.1, 0.15) is 10.8 Å². The zero-order valence-corrected chi connectivity index (χ0v) is 27.3. The molecule has 0 radical (unpaired) electrons. The molecule has 2 atom stereocenters. The molecule has 1 saturated carbocycles. The maximum atomic E-state index is 14.4. The molecule has 6 nitrogen and oxygen atoms in total. The van der Waals surface area contributed by atoms with E-state index in [4.69, 9.17) is 39.5 Å². The Labute approximate surface area is 276 Å². The number of carbonyl (C=O) groups excluding carboxylic acids is 1. The van der Waals surface area contributed by atoms with E-state index in [0.29, 0.717) is 34.9 Å². The second-order valence-electron chi connectivity index (χ2n) is 11.8. The van der Waals surface area contributed by atoms with E-state index in [1.54, 1.807) is 17.0 Å². The summed E-state index contributed by atoms with van der Waals surface area (Å²) in [7, 11) is -3.33. The number of amides is 1. The van der Waals surface area contributed by atoms with Gasteiger partial charge in [0.15, 0.2) is 21.4 Å². The first kappa shape index (κ1) is 32.3. The highest BCUT2D eigenvalue weighted by atomic mass is 35.5. The fourth-order valence-corrected chi connectivity index (χ4v) is 8.46. The minimum absolute atomic E-state index is 0.0208. The van der Waals surface area contributed by atoms with E-state index in [0.717, 1.165) is 47.2 Å². The highest BCUT2D eigenvalue weighted by molar-refractivity contribution is 7.91. The van der Waals surface area contributed by atoms with Crippen LogP contribution < -0.4 is 10.1 Å². The minimum atomic E-state index is -3.33. The van der Waals surface area contributed by atoms with Gasteiger partial charge in [0.25, 0.3) is 5.91 Å². The number of hydrogen-bond acceptors (Lipinski definition) is 5. The lowest BCUT2D eigenvalue weighted by molar-refractivity contribution is -0.128. The summed E-state index contributed by atoms with van der Waals surface area (Å²) < 4.78 is 58.7. The van der Waals surface area contributed by atoms with Crippen LogP contribution in [-0.2, 0) is 27.6 Å². The summed E-state index contributed by atoms with van der Waals surface area (Å²) in [6.07, 6.45) is 3.28. The number of nitrogens with one attached hydrogen (secondary N) is 1. The van der Waals surface area contributed by atoms with Crippen molar-refractivity contribution in [1.82, 2.24) is 10.2 Å². The van der Waals surface area contributed by atoms with Crippen molar-refractivity contribution in [2.24, 2.45) is 0 Å². The monoisotopic (exact) mass is 694 g/mol. The molecular weight excluding hydrogens is 665 g/mol. The second kappa shape index (κ2) is 13.2. The third-order valence-electron chi connectivity index (χ3n) is 8.45. The van der Waals surface area contributed by atoms with Crippen molar-refractivity contribution in [3.8, 4) is 5.75 Å². The van der Waals surface area contributed by atoms with Crippen LogP contribution >= 0.6 is 34.8 Å². The highest BCUT2D eigenvalue weighted by Gasteiger charge is 2.44. The van der Waals surface area contributed by atoms with Gasteiger partial charge in [0, 0.05) is 24.2 Å². The van der Waals surface area contributed by atoms with Gasteiger partial charge < -0.3 is 15.0 Å². The van der Waals surface area contributed by atoms with Crippen LogP contribution in [-0.4, -0.2) is 55.5 Å². The summed E-state index contributed by atoms with van der Waals surface area (Å²) in [6.45, 7) is 0.414. The van der Waals surface area contributed by atoms with Gasteiger partial charge in [-0.3, -0.25) is 4.79 Å². The van der Waals surface area contributed by atoms with E-state index < -0.39 is 27.5 Å². The van der Waals surface area contributed by atoms with Crippen molar-refractivity contribution in [2.75, 3.05) is 18.1 Å². The number of benzene rings is 3. The van der Waals surface area contributed by atoms with Crippen LogP contribution in [0.25, 0.3) is 5.57 Å². The maximum Gasteiger partial charge on any atom is 0.252 e. The molecule has 1 amide bonds. The third-order valence-corrected chi connectivity index (χ3v) is 11.4. The Morgan fingerprint density at radius 1 is 0.956 bits per heavy atom. The molecule has 3 aromatic carbocycles. The Kier molecular flexibility index (Phi) is 9.46. The fourth-order valence-electron chi connectivity index (χ4n) is 6.14. The third kappa shape index (κ3) is 7.18. The zero-order chi connectivity index (χ0) is 31.9. The first-order valence-corrected chi connectivity index (χ1v) is 17.7. The Morgan fingerprint density at radius 2 is 1.69 bits per heavy atom. The molecule has 2 bridgehead atoms. The molecule has 12 heteroatoms. The number of carbonyl (C=O) groups is 1. The van der Waals surface area contributed by atoms with Crippen LogP contribution in [0.2, 0.25) is 15.1 Å². The van der Waals surface area contributed by atoms with E-state index in [1.165, 1.54) is 0 Å².